The number of nitrogens with one attached hydrogen (secondary N) is 1. The molecule has 0 radical (unpaired) electrons. The third kappa shape index (κ3) is 5.35. The highest BCUT2D eigenvalue weighted by Crippen LogP contribution is 1.90. The number of nitrogens with two attached hydrogens (primary N) is 1. The fourth-order valence-electron chi connectivity index (χ4n) is 0.506. The summed E-state index contributed by atoms with van der Waals surface area (Å²) in [4.78, 5) is 21.2. The summed E-state index contributed by atoms with van der Waals surface area (Å²) in [5.41, 5.74) is 4.92. The summed E-state index contributed by atoms with van der Waals surface area (Å²) in [6.45, 7) is -0.132. The molecule has 0 aromatic carbocycles. The molecule has 11 heavy (non-hydrogen) atoms. The zero-order valence-corrected chi connectivity index (χ0v) is 6.42. The number of carbonyl (C=O) groups is 2. The van der Waals surface area contributed by atoms with Crippen LogP contribution in [0.4, 0.5) is 0 Å². The van der Waals surface area contributed by atoms with E-state index >= 15 is 0 Å². The van der Waals surface area contributed by atoms with Crippen molar-refractivity contribution in [1.82, 2.24) is 5.32 Å². The molecule has 0 saturated carbocycles. The van der Waals surface area contributed by atoms with Gasteiger partial charge in [0.05, 0.1) is 6.42 Å². The zero-order valence-electron chi connectivity index (χ0n) is 6.42. The third-order valence-corrected chi connectivity index (χ3v) is 1.08. The molecule has 0 fully saturated rings. The van der Waals surface area contributed by atoms with E-state index in [4.69, 9.17) is 5.73 Å². The van der Waals surface area contributed by atoms with Crippen molar-refractivity contribution in [3.63, 3.8) is 0 Å². The summed E-state index contributed by atoms with van der Waals surface area (Å²) in [6.07, 6.45) is 0.228. The molecule has 0 aromatic rings. The summed E-state index contributed by atoms with van der Waals surface area (Å²) in [5, 5.41) is 2.38. The molecule has 0 bridgehead atoms. The first kappa shape index (κ1) is 9.90. The second-order valence-corrected chi connectivity index (χ2v) is 1.86. The minimum atomic E-state index is -0.448. The van der Waals surface area contributed by atoms with Crippen LogP contribution >= 0.6 is 0 Å². The molecule has 0 spiro atoms. The van der Waals surface area contributed by atoms with E-state index in [1.807, 2.05) is 0 Å². The molecule has 0 aromatic heterocycles. The van der Waals surface area contributed by atoms with Crippen LogP contribution in [0.25, 0.3) is 0 Å². The van der Waals surface area contributed by atoms with E-state index in [1.165, 1.54) is 7.05 Å². The van der Waals surface area contributed by atoms with Gasteiger partial charge in [-0.1, -0.05) is 0 Å². The van der Waals surface area contributed by atoms with Crippen molar-refractivity contribution < 1.29 is 14.3 Å². The molecule has 1 amide bonds. The Morgan fingerprint density at radius 3 is 2.55 bits per heavy atom. The van der Waals surface area contributed by atoms with Crippen molar-refractivity contribution in [3.05, 3.63) is 0 Å². The highest BCUT2D eigenvalue weighted by molar-refractivity contribution is 5.80. The Labute approximate surface area is 64.9 Å². The minimum absolute atomic E-state index is 0.0802. The fraction of sp³-hybridized carbons (Fsp3) is 0.667. The van der Waals surface area contributed by atoms with Gasteiger partial charge in [-0.05, 0) is 0 Å². The van der Waals surface area contributed by atoms with Gasteiger partial charge in [0.15, 0.2) is 0 Å². The van der Waals surface area contributed by atoms with Crippen molar-refractivity contribution in [1.29, 1.82) is 0 Å². The second kappa shape index (κ2) is 5.67. The van der Waals surface area contributed by atoms with Crippen molar-refractivity contribution in [2.24, 2.45) is 5.73 Å². The van der Waals surface area contributed by atoms with E-state index in [0.717, 1.165) is 0 Å². The molecule has 0 unspecified atom stereocenters. The van der Waals surface area contributed by atoms with Gasteiger partial charge in [0.25, 0.3) is 0 Å². The normalized spacial score (nSPS) is 8.91. The third-order valence-electron chi connectivity index (χ3n) is 1.08. The fourth-order valence-corrected chi connectivity index (χ4v) is 0.506. The Kier molecular flexibility index (Phi) is 5.10. The van der Waals surface area contributed by atoms with E-state index in [0.29, 0.717) is 0 Å². The number of amides is 1. The lowest BCUT2D eigenvalue weighted by molar-refractivity contribution is -0.144. The molecule has 0 rings (SSSR count). The Morgan fingerprint density at radius 2 is 2.09 bits per heavy atom. The quantitative estimate of drug-likeness (QED) is 0.407. The highest BCUT2D eigenvalue weighted by atomic mass is 16.5. The van der Waals surface area contributed by atoms with E-state index in [1.54, 1.807) is 0 Å². The highest BCUT2D eigenvalue weighted by Gasteiger charge is 2.04. The monoisotopic (exact) mass is 160 g/mol. The predicted octanol–water partition coefficient (Wildman–Crippen LogP) is -1.03. The average molecular weight is 160 g/mol. The Bertz CT molecular complexity index is 147. The Balaban J connectivity index is 3.38. The van der Waals surface area contributed by atoms with Crippen LogP contribution in [0.5, 0.6) is 0 Å². The zero-order chi connectivity index (χ0) is 8.69. The van der Waals surface area contributed by atoms with Crippen molar-refractivity contribution >= 4 is 11.9 Å². The van der Waals surface area contributed by atoms with Crippen LogP contribution in [0.1, 0.15) is 12.8 Å². The number of carbonyl (C=O) groups excluding carboxylic acids is 2. The summed E-state index contributed by atoms with van der Waals surface area (Å²) in [6, 6.07) is 0. The Hall–Kier alpha value is -1.10. The maximum absolute atomic E-state index is 10.6. The van der Waals surface area contributed by atoms with Crippen LogP contribution in [0.3, 0.4) is 0 Å². The molecule has 0 saturated heterocycles. The molecule has 0 aliphatic rings. The van der Waals surface area contributed by atoms with Crippen LogP contribution in [-0.4, -0.2) is 25.7 Å². The lowest BCUT2D eigenvalue weighted by atomic mass is 10.3. The van der Waals surface area contributed by atoms with E-state index in [9.17, 15) is 9.59 Å². The standard InChI is InChI=1S/C6H12N2O3/c1-8-5(9)2-3-6(10)11-4-7/h2-4,7H2,1H3,(H,8,9). The summed E-state index contributed by atoms with van der Waals surface area (Å²) in [7, 11) is 1.51. The van der Waals surface area contributed by atoms with Gasteiger partial charge in [-0.25, -0.2) is 0 Å². The minimum Gasteiger partial charge on any atom is -0.450 e. The van der Waals surface area contributed by atoms with Crippen molar-refractivity contribution in [2.75, 3.05) is 13.8 Å². The van der Waals surface area contributed by atoms with Crippen LogP contribution in [-0.2, 0) is 14.3 Å². The molecule has 0 aliphatic heterocycles. The molecule has 5 heteroatoms. The second-order valence-electron chi connectivity index (χ2n) is 1.86. The SMILES string of the molecule is CNC(=O)CCC(=O)OCN. The number of ether oxygens (including phenoxy) is 1. The number of hydrogen-bond acceptors (Lipinski definition) is 4. The molecule has 0 heterocycles. The van der Waals surface area contributed by atoms with Gasteiger partial charge in [0.1, 0.15) is 6.73 Å². The van der Waals surface area contributed by atoms with Gasteiger partial charge in [-0.2, -0.15) is 0 Å². The average Bonchev–Trinajstić information content (AvgIpc) is 2.01. The topological polar surface area (TPSA) is 81.4 Å². The van der Waals surface area contributed by atoms with Gasteiger partial charge >= 0.3 is 5.97 Å². The molecule has 5 nitrogen and oxygen atoms in total. The van der Waals surface area contributed by atoms with Crippen LogP contribution < -0.4 is 11.1 Å². The maximum Gasteiger partial charge on any atom is 0.307 e. The van der Waals surface area contributed by atoms with Gasteiger partial charge in [0, 0.05) is 13.5 Å². The van der Waals surface area contributed by atoms with Crippen molar-refractivity contribution in [3.8, 4) is 0 Å². The molecule has 0 aliphatic carbocycles. The van der Waals surface area contributed by atoms with E-state index in [2.05, 4.69) is 10.1 Å². The first-order valence-electron chi connectivity index (χ1n) is 3.27. The molecule has 3 N–H and O–H groups in total. The van der Waals surface area contributed by atoms with E-state index in [-0.39, 0.29) is 25.5 Å². The number of hydrogen-bond donors (Lipinski definition) is 2. The predicted molar refractivity (Wildman–Crippen MR) is 38.4 cm³/mol. The molecular weight excluding hydrogens is 148 g/mol. The lowest BCUT2D eigenvalue weighted by Gasteiger charge is -1.99. The van der Waals surface area contributed by atoms with Crippen LogP contribution in [0.15, 0.2) is 0 Å². The smallest absolute Gasteiger partial charge is 0.307 e. The number of rotatable bonds is 4. The molecular formula is C6H12N2O3. The first-order chi connectivity index (χ1) is 5.20. The van der Waals surface area contributed by atoms with Gasteiger partial charge in [0.2, 0.25) is 5.91 Å². The molecule has 64 valence electrons. The first-order valence-corrected chi connectivity index (χ1v) is 3.27. The summed E-state index contributed by atoms with van der Waals surface area (Å²) < 4.78 is 4.40. The summed E-state index contributed by atoms with van der Waals surface area (Å²) in [5.74, 6) is -0.630. The largest absolute Gasteiger partial charge is 0.450 e. The lowest BCUT2D eigenvalue weighted by Crippen LogP contribution is -2.20. The number of esters is 1. The van der Waals surface area contributed by atoms with Gasteiger partial charge in [-0.3, -0.25) is 15.3 Å². The van der Waals surface area contributed by atoms with Crippen molar-refractivity contribution in [2.45, 2.75) is 12.8 Å². The Morgan fingerprint density at radius 1 is 1.45 bits per heavy atom. The van der Waals surface area contributed by atoms with Crippen LogP contribution in [0, 0.1) is 0 Å². The van der Waals surface area contributed by atoms with Crippen LogP contribution in [0.2, 0.25) is 0 Å². The van der Waals surface area contributed by atoms with Gasteiger partial charge in [-0.15, -0.1) is 0 Å². The van der Waals surface area contributed by atoms with Gasteiger partial charge < -0.3 is 10.1 Å². The van der Waals surface area contributed by atoms with E-state index < -0.39 is 5.97 Å². The maximum atomic E-state index is 10.6. The summed E-state index contributed by atoms with van der Waals surface area (Å²) >= 11 is 0. The molecule has 0 atom stereocenters.